The number of ether oxygens (including phenoxy) is 2. The minimum absolute atomic E-state index is 0.316. The first kappa shape index (κ1) is 21.3. The molecule has 0 radical (unpaired) electrons. The van der Waals surface area contributed by atoms with Crippen molar-refractivity contribution in [3.8, 4) is 17.0 Å². The van der Waals surface area contributed by atoms with Crippen LogP contribution in [0.5, 0.6) is 5.75 Å². The van der Waals surface area contributed by atoms with E-state index in [-0.39, 0.29) is 11.2 Å². The Labute approximate surface area is 191 Å². The third-order valence-corrected chi connectivity index (χ3v) is 6.53. The zero-order valence-corrected chi connectivity index (χ0v) is 19.5. The maximum Gasteiger partial charge on any atom is 0.331 e. The summed E-state index contributed by atoms with van der Waals surface area (Å²) >= 11 is 0. The molecule has 0 N–H and O–H groups in total. The van der Waals surface area contributed by atoms with Crippen LogP contribution in [-0.4, -0.2) is 27.4 Å². The van der Waals surface area contributed by atoms with Crippen LogP contribution in [0.4, 0.5) is 0 Å². The Morgan fingerprint density at radius 1 is 0.970 bits per heavy atom. The molecule has 0 saturated heterocycles. The number of aromatic nitrogens is 3. The summed E-state index contributed by atoms with van der Waals surface area (Å²) in [6, 6.07) is 17.6. The molecule has 0 fully saturated rings. The third-order valence-electron chi connectivity index (χ3n) is 6.53. The van der Waals surface area contributed by atoms with Crippen LogP contribution in [0.3, 0.4) is 0 Å². The number of aryl methyl sites for hydroxylation is 1. The lowest BCUT2D eigenvalue weighted by molar-refractivity contribution is -0.00799. The van der Waals surface area contributed by atoms with E-state index in [1.165, 1.54) is 11.6 Å². The summed E-state index contributed by atoms with van der Waals surface area (Å²) in [7, 11) is 4.86. The summed E-state index contributed by atoms with van der Waals surface area (Å²) in [6.45, 7) is 4.60. The highest BCUT2D eigenvalue weighted by Crippen LogP contribution is 2.46. The molecule has 2 aromatic carbocycles. The van der Waals surface area contributed by atoms with Crippen molar-refractivity contribution < 1.29 is 9.47 Å². The van der Waals surface area contributed by atoms with Gasteiger partial charge in [-0.25, -0.2) is 4.79 Å². The van der Waals surface area contributed by atoms with Crippen LogP contribution in [0.2, 0.25) is 0 Å². The van der Waals surface area contributed by atoms with Crippen molar-refractivity contribution in [2.45, 2.75) is 25.5 Å². The molecule has 2 aromatic heterocycles. The molecule has 0 bridgehead atoms. The van der Waals surface area contributed by atoms with E-state index in [4.69, 9.17) is 9.47 Å². The predicted molar refractivity (Wildman–Crippen MR) is 128 cm³/mol. The SMILES string of the molecule is COc1ccccc1C1OCC(C)(C)n2c(-c3ccccc3)c3c(=O)n(C)c(=O)n(C)c3c21. The topological polar surface area (TPSA) is 67.4 Å². The van der Waals surface area contributed by atoms with Crippen molar-refractivity contribution in [1.82, 2.24) is 13.7 Å². The highest BCUT2D eigenvalue weighted by molar-refractivity contribution is 5.96. The highest BCUT2D eigenvalue weighted by atomic mass is 16.5. The second-order valence-electron chi connectivity index (χ2n) is 9.11. The van der Waals surface area contributed by atoms with Gasteiger partial charge in [0.1, 0.15) is 11.9 Å². The second-order valence-corrected chi connectivity index (χ2v) is 9.11. The molecule has 0 amide bonds. The molecule has 0 aliphatic carbocycles. The number of hydrogen-bond acceptors (Lipinski definition) is 4. The number of rotatable bonds is 3. The number of nitrogens with zero attached hydrogens (tertiary/aromatic N) is 3. The first-order chi connectivity index (χ1) is 15.8. The van der Waals surface area contributed by atoms with Gasteiger partial charge in [-0.05, 0) is 25.5 Å². The molecule has 5 rings (SSSR count). The molecule has 1 atom stereocenters. The zero-order chi connectivity index (χ0) is 23.5. The van der Waals surface area contributed by atoms with E-state index in [1.807, 2.05) is 54.6 Å². The van der Waals surface area contributed by atoms with Gasteiger partial charge in [-0.2, -0.15) is 0 Å². The largest absolute Gasteiger partial charge is 0.496 e. The summed E-state index contributed by atoms with van der Waals surface area (Å²) in [5.74, 6) is 0.693. The average Bonchev–Trinajstić information content (AvgIpc) is 3.20. The second kappa shape index (κ2) is 7.49. The molecule has 1 aliphatic heterocycles. The Hall–Kier alpha value is -3.58. The van der Waals surface area contributed by atoms with Gasteiger partial charge in [0, 0.05) is 19.7 Å². The Morgan fingerprint density at radius 3 is 2.33 bits per heavy atom. The molecule has 1 unspecified atom stereocenters. The van der Waals surface area contributed by atoms with Crippen LogP contribution in [0.15, 0.2) is 64.2 Å². The van der Waals surface area contributed by atoms with Gasteiger partial charge >= 0.3 is 5.69 Å². The van der Waals surface area contributed by atoms with Gasteiger partial charge in [-0.1, -0.05) is 48.5 Å². The molecule has 3 heterocycles. The molecular weight excluding hydrogens is 418 g/mol. The first-order valence-electron chi connectivity index (χ1n) is 10.9. The van der Waals surface area contributed by atoms with E-state index >= 15 is 0 Å². The van der Waals surface area contributed by atoms with Crippen LogP contribution in [0.1, 0.15) is 31.2 Å². The van der Waals surface area contributed by atoms with Crippen LogP contribution >= 0.6 is 0 Å². The van der Waals surface area contributed by atoms with E-state index in [9.17, 15) is 9.59 Å². The lowest BCUT2D eigenvalue weighted by Crippen LogP contribution is -2.40. The number of hydrogen-bond donors (Lipinski definition) is 0. The Bertz CT molecular complexity index is 1490. The first-order valence-corrected chi connectivity index (χ1v) is 10.9. The van der Waals surface area contributed by atoms with Gasteiger partial charge in [-0.15, -0.1) is 0 Å². The number of benzene rings is 2. The summed E-state index contributed by atoms with van der Waals surface area (Å²) < 4.78 is 17.0. The van der Waals surface area contributed by atoms with E-state index in [0.29, 0.717) is 23.3 Å². The van der Waals surface area contributed by atoms with Gasteiger partial charge in [0.2, 0.25) is 0 Å². The van der Waals surface area contributed by atoms with Crippen molar-refractivity contribution in [2.24, 2.45) is 14.1 Å². The quantitative estimate of drug-likeness (QED) is 0.484. The fraction of sp³-hybridized carbons (Fsp3) is 0.308. The Balaban J connectivity index is 2.02. The van der Waals surface area contributed by atoms with Gasteiger partial charge in [-0.3, -0.25) is 13.9 Å². The summed E-state index contributed by atoms with van der Waals surface area (Å²) in [4.78, 5) is 26.6. The Kier molecular flexibility index (Phi) is 4.83. The maximum absolute atomic E-state index is 13.6. The fourth-order valence-corrected chi connectivity index (χ4v) is 4.99. The molecular formula is C26H27N3O4. The Morgan fingerprint density at radius 2 is 1.64 bits per heavy atom. The van der Waals surface area contributed by atoms with Crippen molar-refractivity contribution in [3.05, 3.63) is 86.7 Å². The van der Waals surface area contributed by atoms with E-state index in [2.05, 4.69) is 18.4 Å². The summed E-state index contributed by atoms with van der Waals surface area (Å²) in [6.07, 6.45) is -0.508. The average molecular weight is 446 g/mol. The maximum atomic E-state index is 13.6. The molecule has 7 nitrogen and oxygen atoms in total. The minimum atomic E-state index is -0.508. The molecule has 1 aliphatic rings. The van der Waals surface area contributed by atoms with Crippen molar-refractivity contribution in [1.29, 1.82) is 0 Å². The highest BCUT2D eigenvalue weighted by Gasteiger charge is 2.41. The molecule has 4 aromatic rings. The lowest BCUT2D eigenvalue weighted by Gasteiger charge is -2.39. The van der Waals surface area contributed by atoms with E-state index in [0.717, 1.165) is 22.5 Å². The van der Waals surface area contributed by atoms with Crippen molar-refractivity contribution in [3.63, 3.8) is 0 Å². The summed E-state index contributed by atoms with van der Waals surface area (Å²) in [5, 5.41) is 0.513. The molecule has 33 heavy (non-hydrogen) atoms. The van der Waals surface area contributed by atoms with Crippen LogP contribution in [0.25, 0.3) is 22.2 Å². The van der Waals surface area contributed by atoms with Crippen LogP contribution < -0.4 is 16.0 Å². The lowest BCUT2D eigenvalue weighted by atomic mass is 9.97. The third kappa shape index (κ3) is 2.99. The minimum Gasteiger partial charge on any atom is -0.496 e. The monoisotopic (exact) mass is 445 g/mol. The van der Waals surface area contributed by atoms with Crippen molar-refractivity contribution in [2.75, 3.05) is 13.7 Å². The van der Waals surface area contributed by atoms with Gasteiger partial charge < -0.3 is 14.0 Å². The van der Waals surface area contributed by atoms with Crippen LogP contribution in [-0.2, 0) is 24.4 Å². The van der Waals surface area contributed by atoms with Gasteiger partial charge in [0.25, 0.3) is 5.56 Å². The molecule has 7 heteroatoms. The van der Waals surface area contributed by atoms with E-state index in [1.54, 1.807) is 18.7 Å². The zero-order valence-electron chi connectivity index (χ0n) is 19.5. The summed E-state index contributed by atoms with van der Waals surface area (Å²) in [5.41, 5.74) is 2.78. The van der Waals surface area contributed by atoms with Gasteiger partial charge in [0.15, 0.2) is 0 Å². The number of methoxy groups -OCH3 is 1. The predicted octanol–water partition coefficient (Wildman–Crippen LogP) is 3.57. The van der Waals surface area contributed by atoms with Crippen LogP contribution in [0, 0.1) is 0 Å². The molecule has 0 saturated carbocycles. The normalized spacial score (nSPS) is 17.2. The molecule has 0 spiro atoms. The number of para-hydroxylation sites is 1. The van der Waals surface area contributed by atoms with Crippen molar-refractivity contribution >= 4 is 10.9 Å². The molecule has 170 valence electrons. The van der Waals surface area contributed by atoms with E-state index < -0.39 is 11.6 Å². The standard InChI is InChI=1S/C26H27N3O4/c1-26(2)15-33-23(17-13-9-10-14-18(17)32-5)22-21-19(24(30)28(4)25(31)27(21)3)20(29(22)26)16-11-7-6-8-12-16/h6-14,23H,15H2,1-5H3. The number of fused-ring (bicyclic) bond motifs is 3. The smallest absolute Gasteiger partial charge is 0.331 e. The fourth-order valence-electron chi connectivity index (χ4n) is 4.99. The van der Waals surface area contributed by atoms with Gasteiger partial charge in [0.05, 0.1) is 41.5 Å².